The van der Waals surface area contributed by atoms with Crippen LogP contribution in [0.15, 0.2) is 54.7 Å². The van der Waals surface area contributed by atoms with Gasteiger partial charge in [-0.05, 0) is 55.7 Å². The molecule has 182 valence electrons. The number of hydrogen-bond donors (Lipinski definition) is 3. The predicted octanol–water partition coefficient (Wildman–Crippen LogP) is 2.15. The van der Waals surface area contributed by atoms with Gasteiger partial charge >= 0.3 is 0 Å². The number of hydrogen-bond acceptors (Lipinski definition) is 6. The average molecular weight is 484 g/mol. The topological polar surface area (TPSA) is 145 Å². The highest BCUT2D eigenvalue weighted by molar-refractivity contribution is 6.06. The standard InChI is InChI=1S/C26H25N7O3/c1-15-23-19(26(36)29-13-16-5-7-18(8-6-16)25(35)30-14-21(27)34)12-20(17-9-10-17)31-24(23)33(32-15)22-4-2-3-11-28-22/h2-8,11-12,17H,9-10,13-14H2,1H3,(H2,27,34)(H,29,36)(H,30,35). The van der Waals surface area contributed by atoms with Crippen LogP contribution in [0.5, 0.6) is 0 Å². The Hall–Kier alpha value is -4.60. The van der Waals surface area contributed by atoms with Crippen molar-refractivity contribution in [3.05, 3.63) is 82.8 Å². The van der Waals surface area contributed by atoms with Crippen molar-refractivity contribution in [3.63, 3.8) is 0 Å². The summed E-state index contributed by atoms with van der Waals surface area (Å²) in [4.78, 5) is 45.5. The number of rotatable bonds is 8. The van der Waals surface area contributed by atoms with E-state index in [1.807, 2.05) is 31.2 Å². The zero-order valence-electron chi connectivity index (χ0n) is 19.7. The lowest BCUT2D eigenvalue weighted by atomic mass is 10.1. The number of pyridine rings is 2. The smallest absolute Gasteiger partial charge is 0.252 e. The number of primary amides is 1. The van der Waals surface area contributed by atoms with E-state index in [0.717, 1.165) is 24.1 Å². The Morgan fingerprint density at radius 3 is 2.50 bits per heavy atom. The monoisotopic (exact) mass is 483 g/mol. The van der Waals surface area contributed by atoms with Crippen molar-refractivity contribution in [2.75, 3.05) is 6.54 Å². The molecule has 3 aromatic heterocycles. The van der Waals surface area contributed by atoms with Gasteiger partial charge in [-0.3, -0.25) is 14.4 Å². The quantitative estimate of drug-likeness (QED) is 0.350. The number of nitrogens with one attached hydrogen (secondary N) is 2. The third-order valence-corrected chi connectivity index (χ3v) is 6.03. The molecule has 10 nitrogen and oxygen atoms in total. The Bertz CT molecular complexity index is 1460. The highest BCUT2D eigenvalue weighted by Crippen LogP contribution is 2.40. The van der Waals surface area contributed by atoms with E-state index < -0.39 is 11.8 Å². The fraction of sp³-hybridized carbons (Fsp3) is 0.231. The second-order valence-corrected chi connectivity index (χ2v) is 8.78. The highest BCUT2D eigenvalue weighted by Gasteiger charge is 2.29. The lowest BCUT2D eigenvalue weighted by molar-refractivity contribution is -0.117. The van der Waals surface area contributed by atoms with Crippen molar-refractivity contribution in [3.8, 4) is 5.82 Å². The Labute approximate surface area is 206 Å². The minimum Gasteiger partial charge on any atom is -0.368 e. The van der Waals surface area contributed by atoms with Crippen molar-refractivity contribution in [1.29, 1.82) is 0 Å². The van der Waals surface area contributed by atoms with Gasteiger partial charge in [-0.15, -0.1) is 0 Å². The van der Waals surface area contributed by atoms with E-state index in [2.05, 4.69) is 20.7 Å². The molecule has 0 bridgehead atoms. The van der Waals surface area contributed by atoms with E-state index >= 15 is 0 Å². The van der Waals surface area contributed by atoms with Gasteiger partial charge in [0.05, 0.1) is 23.2 Å². The number of aromatic nitrogens is 4. The first-order chi connectivity index (χ1) is 17.4. The molecule has 36 heavy (non-hydrogen) atoms. The number of aryl methyl sites for hydroxylation is 1. The average Bonchev–Trinajstić information content (AvgIpc) is 3.69. The van der Waals surface area contributed by atoms with Gasteiger partial charge in [0.15, 0.2) is 11.5 Å². The number of fused-ring (bicyclic) bond motifs is 1. The van der Waals surface area contributed by atoms with E-state index in [9.17, 15) is 14.4 Å². The number of amides is 3. The molecule has 0 radical (unpaired) electrons. The largest absolute Gasteiger partial charge is 0.368 e. The summed E-state index contributed by atoms with van der Waals surface area (Å²) in [6, 6.07) is 14.2. The molecule has 3 heterocycles. The van der Waals surface area contributed by atoms with Crippen LogP contribution in [0.25, 0.3) is 16.9 Å². The molecule has 5 rings (SSSR count). The molecule has 0 unspecified atom stereocenters. The molecule has 1 aromatic carbocycles. The van der Waals surface area contributed by atoms with E-state index in [1.165, 1.54) is 0 Å². The van der Waals surface area contributed by atoms with Gasteiger partial charge in [0.25, 0.3) is 11.8 Å². The van der Waals surface area contributed by atoms with Gasteiger partial charge in [-0.2, -0.15) is 9.78 Å². The third-order valence-electron chi connectivity index (χ3n) is 6.03. The molecule has 10 heteroatoms. The van der Waals surface area contributed by atoms with Crippen molar-refractivity contribution >= 4 is 28.8 Å². The first kappa shape index (κ1) is 23.2. The molecule has 0 atom stereocenters. The van der Waals surface area contributed by atoms with E-state index in [1.54, 1.807) is 35.1 Å². The van der Waals surface area contributed by atoms with Gasteiger partial charge in [-0.25, -0.2) is 9.97 Å². The van der Waals surface area contributed by atoms with Crippen LogP contribution in [0.3, 0.4) is 0 Å². The zero-order valence-corrected chi connectivity index (χ0v) is 19.7. The molecule has 0 aliphatic heterocycles. The molecule has 3 amide bonds. The van der Waals surface area contributed by atoms with Crippen LogP contribution in [-0.2, 0) is 11.3 Å². The van der Waals surface area contributed by atoms with Gasteiger partial charge in [0, 0.05) is 29.9 Å². The lowest BCUT2D eigenvalue weighted by Gasteiger charge is -2.10. The highest BCUT2D eigenvalue weighted by atomic mass is 16.2. The molecular weight excluding hydrogens is 458 g/mol. The summed E-state index contributed by atoms with van der Waals surface area (Å²) in [5, 5.41) is 10.8. The third kappa shape index (κ3) is 4.78. The van der Waals surface area contributed by atoms with Gasteiger partial charge in [0.1, 0.15) is 0 Å². The van der Waals surface area contributed by atoms with Crippen LogP contribution in [0.4, 0.5) is 0 Å². The summed E-state index contributed by atoms with van der Waals surface area (Å²) < 4.78 is 1.69. The minimum absolute atomic E-state index is 0.226. The van der Waals surface area contributed by atoms with Crippen LogP contribution in [0, 0.1) is 6.92 Å². The molecular formula is C26H25N7O3. The van der Waals surface area contributed by atoms with Crippen LogP contribution in [0.1, 0.15) is 56.4 Å². The van der Waals surface area contributed by atoms with E-state index in [0.29, 0.717) is 39.6 Å². The minimum atomic E-state index is -0.612. The first-order valence-corrected chi connectivity index (χ1v) is 11.7. The number of benzene rings is 1. The van der Waals surface area contributed by atoms with Crippen molar-refractivity contribution in [2.24, 2.45) is 5.73 Å². The van der Waals surface area contributed by atoms with Crippen LogP contribution < -0.4 is 16.4 Å². The van der Waals surface area contributed by atoms with Crippen molar-refractivity contribution in [2.45, 2.75) is 32.2 Å². The van der Waals surface area contributed by atoms with Gasteiger partial charge < -0.3 is 16.4 Å². The maximum absolute atomic E-state index is 13.3. The van der Waals surface area contributed by atoms with Crippen LogP contribution >= 0.6 is 0 Å². The molecule has 1 fully saturated rings. The molecule has 0 spiro atoms. The summed E-state index contributed by atoms with van der Waals surface area (Å²) in [7, 11) is 0. The fourth-order valence-electron chi connectivity index (χ4n) is 4.04. The summed E-state index contributed by atoms with van der Waals surface area (Å²) in [5.74, 6) is -0.240. The lowest BCUT2D eigenvalue weighted by Crippen LogP contribution is -2.33. The molecule has 4 N–H and O–H groups in total. The maximum atomic E-state index is 13.3. The van der Waals surface area contributed by atoms with Crippen LogP contribution in [-0.4, -0.2) is 44.0 Å². The fourth-order valence-corrected chi connectivity index (χ4v) is 4.04. The molecule has 0 saturated heterocycles. The first-order valence-electron chi connectivity index (χ1n) is 11.7. The molecule has 4 aromatic rings. The second-order valence-electron chi connectivity index (χ2n) is 8.78. The van der Waals surface area contributed by atoms with E-state index in [-0.39, 0.29) is 19.0 Å². The SMILES string of the molecule is Cc1nn(-c2ccccn2)c2nc(C3CC3)cc(C(=O)NCc3ccc(C(=O)NCC(N)=O)cc3)c12. The second kappa shape index (κ2) is 9.57. The van der Waals surface area contributed by atoms with Crippen LogP contribution in [0.2, 0.25) is 0 Å². The van der Waals surface area contributed by atoms with Gasteiger partial charge in [0.2, 0.25) is 5.91 Å². The molecule has 1 aliphatic carbocycles. The number of carbonyl (C=O) groups is 3. The summed E-state index contributed by atoms with van der Waals surface area (Å²) >= 11 is 0. The summed E-state index contributed by atoms with van der Waals surface area (Å²) in [6.45, 7) is 1.91. The zero-order chi connectivity index (χ0) is 25.2. The summed E-state index contributed by atoms with van der Waals surface area (Å²) in [6.07, 6.45) is 3.80. The molecule has 1 aliphatic rings. The van der Waals surface area contributed by atoms with Crippen molar-refractivity contribution in [1.82, 2.24) is 30.4 Å². The number of nitrogens with zero attached hydrogens (tertiary/aromatic N) is 4. The van der Waals surface area contributed by atoms with Crippen molar-refractivity contribution < 1.29 is 14.4 Å². The Kier molecular flexibility index (Phi) is 6.16. The van der Waals surface area contributed by atoms with E-state index in [4.69, 9.17) is 10.7 Å². The summed E-state index contributed by atoms with van der Waals surface area (Å²) in [5.41, 5.74) is 9.01. The predicted molar refractivity (Wildman–Crippen MR) is 133 cm³/mol. The van der Waals surface area contributed by atoms with Gasteiger partial charge in [-0.1, -0.05) is 18.2 Å². The Balaban J connectivity index is 1.38. The Morgan fingerprint density at radius 2 is 1.83 bits per heavy atom. The normalized spacial score (nSPS) is 12.9. The number of nitrogens with two attached hydrogens (primary N) is 1. The Morgan fingerprint density at radius 1 is 1.06 bits per heavy atom. The maximum Gasteiger partial charge on any atom is 0.252 e. The number of carbonyl (C=O) groups excluding carboxylic acids is 3. The molecule has 1 saturated carbocycles.